The number of hydrogen-bond acceptors (Lipinski definition) is 2. The minimum atomic E-state index is 0.143. The normalized spacial score (nSPS) is 9.71. The molecule has 0 radical (unpaired) electrons. The first-order valence-electron chi connectivity index (χ1n) is 4.31. The molecule has 0 aliphatic heterocycles. The summed E-state index contributed by atoms with van der Waals surface area (Å²) in [5.74, 6) is 0.287. The van der Waals surface area contributed by atoms with Crippen LogP contribution in [0, 0.1) is 10.8 Å². The molecule has 1 aromatic carbocycles. The molecule has 74 valence electrons. The lowest BCUT2D eigenvalue weighted by Gasteiger charge is -2.03. The van der Waals surface area contributed by atoms with Crippen LogP contribution in [0.4, 0.5) is 0 Å². The van der Waals surface area contributed by atoms with E-state index in [1.165, 1.54) is 0 Å². The van der Waals surface area contributed by atoms with Gasteiger partial charge in [-0.25, -0.2) is 0 Å². The van der Waals surface area contributed by atoms with Crippen LogP contribution >= 0.6 is 0 Å². The SMILES string of the molecule is N=C(N)Cc1cccc(CC(=N)N)c1. The van der Waals surface area contributed by atoms with Gasteiger partial charge in [-0.1, -0.05) is 24.3 Å². The second-order valence-electron chi connectivity index (χ2n) is 3.22. The van der Waals surface area contributed by atoms with Crippen molar-refractivity contribution >= 4 is 11.7 Å². The third kappa shape index (κ3) is 3.26. The van der Waals surface area contributed by atoms with Crippen LogP contribution in [0.15, 0.2) is 24.3 Å². The molecule has 6 N–H and O–H groups in total. The van der Waals surface area contributed by atoms with E-state index in [0.717, 1.165) is 11.1 Å². The molecule has 0 aromatic heterocycles. The predicted octanol–water partition coefficient (Wildman–Crippen LogP) is 0.644. The van der Waals surface area contributed by atoms with Gasteiger partial charge in [-0.15, -0.1) is 0 Å². The fraction of sp³-hybridized carbons (Fsp3) is 0.200. The van der Waals surface area contributed by atoms with E-state index in [1.54, 1.807) is 0 Å². The van der Waals surface area contributed by atoms with E-state index < -0.39 is 0 Å². The largest absolute Gasteiger partial charge is 0.387 e. The van der Waals surface area contributed by atoms with Gasteiger partial charge in [-0.2, -0.15) is 0 Å². The first-order chi connectivity index (χ1) is 6.58. The molecule has 0 bridgehead atoms. The van der Waals surface area contributed by atoms with E-state index in [0.29, 0.717) is 12.8 Å². The molecule has 0 saturated heterocycles. The van der Waals surface area contributed by atoms with Gasteiger partial charge in [-0.05, 0) is 11.1 Å². The maximum absolute atomic E-state index is 7.15. The zero-order chi connectivity index (χ0) is 10.6. The average Bonchev–Trinajstić information content (AvgIpc) is 2.01. The molecular formula is C10H14N4. The second-order valence-corrected chi connectivity index (χ2v) is 3.22. The summed E-state index contributed by atoms with van der Waals surface area (Å²) in [5.41, 5.74) is 12.5. The third-order valence-corrected chi connectivity index (χ3v) is 1.78. The van der Waals surface area contributed by atoms with Crippen LogP contribution in [-0.2, 0) is 12.8 Å². The molecule has 0 aliphatic carbocycles. The average molecular weight is 190 g/mol. The minimum Gasteiger partial charge on any atom is -0.387 e. The summed E-state index contributed by atoms with van der Waals surface area (Å²) < 4.78 is 0. The molecule has 0 unspecified atom stereocenters. The van der Waals surface area contributed by atoms with Crippen LogP contribution in [0.3, 0.4) is 0 Å². The van der Waals surface area contributed by atoms with Crippen molar-refractivity contribution in [3.63, 3.8) is 0 Å². The van der Waals surface area contributed by atoms with Crippen LogP contribution in [0.1, 0.15) is 11.1 Å². The number of nitrogens with two attached hydrogens (primary N) is 2. The lowest BCUT2D eigenvalue weighted by molar-refractivity contribution is 1.20. The summed E-state index contributed by atoms with van der Waals surface area (Å²) in [6, 6.07) is 7.62. The van der Waals surface area contributed by atoms with Crippen molar-refractivity contribution in [2.75, 3.05) is 0 Å². The van der Waals surface area contributed by atoms with E-state index in [-0.39, 0.29) is 11.7 Å². The van der Waals surface area contributed by atoms with Crippen LogP contribution in [0.2, 0.25) is 0 Å². The zero-order valence-corrected chi connectivity index (χ0v) is 7.88. The molecule has 0 atom stereocenters. The molecule has 0 amide bonds. The van der Waals surface area contributed by atoms with Gasteiger partial charge in [0.25, 0.3) is 0 Å². The number of rotatable bonds is 4. The minimum absolute atomic E-state index is 0.143. The Kier molecular flexibility index (Phi) is 3.23. The van der Waals surface area contributed by atoms with Crippen molar-refractivity contribution in [2.45, 2.75) is 12.8 Å². The fourth-order valence-electron chi connectivity index (χ4n) is 1.29. The van der Waals surface area contributed by atoms with Gasteiger partial charge >= 0.3 is 0 Å². The summed E-state index contributed by atoms with van der Waals surface area (Å²) in [6.45, 7) is 0. The molecule has 0 heterocycles. The highest BCUT2D eigenvalue weighted by atomic mass is 14.7. The van der Waals surface area contributed by atoms with E-state index in [1.807, 2.05) is 24.3 Å². The summed E-state index contributed by atoms with van der Waals surface area (Å²) in [5, 5.41) is 14.3. The first-order valence-corrected chi connectivity index (χ1v) is 4.31. The van der Waals surface area contributed by atoms with Crippen LogP contribution in [0.25, 0.3) is 0 Å². The van der Waals surface area contributed by atoms with E-state index in [2.05, 4.69) is 0 Å². The van der Waals surface area contributed by atoms with Gasteiger partial charge in [0.2, 0.25) is 0 Å². The summed E-state index contributed by atoms with van der Waals surface area (Å²) in [6.07, 6.45) is 0.900. The molecular weight excluding hydrogens is 176 g/mol. The number of hydrogen-bond donors (Lipinski definition) is 4. The molecule has 0 fully saturated rings. The highest BCUT2D eigenvalue weighted by molar-refractivity contribution is 5.80. The van der Waals surface area contributed by atoms with E-state index in [9.17, 15) is 0 Å². The Morgan fingerprint density at radius 1 is 1.00 bits per heavy atom. The standard InChI is InChI=1S/C10H14N4/c11-9(12)5-7-2-1-3-8(4-7)6-10(13)14/h1-4H,5-6H2,(H3,11,12)(H3,13,14). The van der Waals surface area contributed by atoms with Crippen LogP contribution < -0.4 is 11.5 Å². The van der Waals surface area contributed by atoms with Crippen molar-refractivity contribution in [3.05, 3.63) is 35.4 Å². The predicted molar refractivity (Wildman–Crippen MR) is 57.7 cm³/mol. The van der Waals surface area contributed by atoms with E-state index in [4.69, 9.17) is 22.3 Å². The zero-order valence-electron chi connectivity index (χ0n) is 7.88. The van der Waals surface area contributed by atoms with Gasteiger partial charge in [-0.3, -0.25) is 10.8 Å². The molecule has 4 heteroatoms. The second kappa shape index (κ2) is 4.41. The highest BCUT2D eigenvalue weighted by Gasteiger charge is 1.99. The molecule has 0 spiro atoms. The van der Waals surface area contributed by atoms with Gasteiger partial charge < -0.3 is 11.5 Å². The molecule has 0 aliphatic rings. The van der Waals surface area contributed by atoms with Gasteiger partial charge in [0.1, 0.15) is 0 Å². The maximum Gasteiger partial charge on any atom is 0.0950 e. The first kappa shape index (κ1) is 10.2. The highest BCUT2D eigenvalue weighted by Crippen LogP contribution is 2.06. The Bertz CT molecular complexity index is 326. The molecule has 1 rings (SSSR count). The van der Waals surface area contributed by atoms with Crippen molar-refractivity contribution in [1.29, 1.82) is 10.8 Å². The molecule has 1 aromatic rings. The Labute approximate surface area is 82.9 Å². The van der Waals surface area contributed by atoms with Crippen molar-refractivity contribution in [3.8, 4) is 0 Å². The van der Waals surface area contributed by atoms with Crippen LogP contribution in [-0.4, -0.2) is 11.7 Å². The molecule has 14 heavy (non-hydrogen) atoms. The summed E-state index contributed by atoms with van der Waals surface area (Å²) in [7, 11) is 0. The van der Waals surface area contributed by atoms with Gasteiger partial charge in [0.05, 0.1) is 11.7 Å². The Morgan fingerprint density at radius 3 is 1.79 bits per heavy atom. The Balaban J connectivity index is 2.78. The number of benzene rings is 1. The van der Waals surface area contributed by atoms with Gasteiger partial charge in [0, 0.05) is 12.8 Å². The van der Waals surface area contributed by atoms with Crippen molar-refractivity contribution in [1.82, 2.24) is 0 Å². The van der Waals surface area contributed by atoms with Crippen LogP contribution in [0.5, 0.6) is 0 Å². The third-order valence-electron chi connectivity index (χ3n) is 1.78. The number of nitrogens with one attached hydrogen (secondary N) is 2. The fourth-order valence-corrected chi connectivity index (χ4v) is 1.29. The van der Waals surface area contributed by atoms with E-state index >= 15 is 0 Å². The lowest BCUT2D eigenvalue weighted by atomic mass is 10.1. The Morgan fingerprint density at radius 2 is 1.43 bits per heavy atom. The van der Waals surface area contributed by atoms with Crippen molar-refractivity contribution < 1.29 is 0 Å². The smallest absolute Gasteiger partial charge is 0.0950 e. The lowest BCUT2D eigenvalue weighted by Crippen LogP contribution is -2.14. The summed E-state index contributed by atoms with van der Waals surface area (Å²) >= 11 is 0. The summed E-state index contributed by atoms with van der Waals surface area (Å²) in [4.78, 5) is 0. The monoisotopic (exact) mass is 190 g/mol. The topological polar surface area (TPSA) is 99.7 Å². The maximum atomic E-state index is 7.15. The van der Waals surface area contributed by atoms with Gasteiger partial charge in [0.15, 0.2) is 0 Å². The molecule has 4 nitrogen and oxygen atoms in total. The Hall–Kier alpha value is -1.84. The molecule has 0 saturated carbocycles. The van der Waals surface area contributed by atoms with Crippen molar-refractivity contribution in [2.24, 2.45) is 11.5 Å². The number of amidine groups is 2. The quantitative estimate of drug-likeness (QED) is 0.414.